The summed E-state index contributed by atoms with van der Waals surface area (Å²) in [4.78, 5) is 21.7. The largest absolute Gasteiger partial charge is 0.493 e. The molecule has 1 spiro atoms. The van der Waals surface area contributed by atoms with Gasteiger partial charge in [-0.15, -0.1) is 0 Å². The van der Waals surface area contributed by atoms with Crippen LogP contribution >= 0.6 is 0 Å². The van der Waals surface area contributed by atoms with Crippen LogP contribution in [0.2, 0.25) is 0 Å². The fourth-order valence-corrected chi connectivity index (χ4v) is 4.48. The first kappa shape index (κ1) is 15.6. The number of anilines is 2. The molecule has 1 saturated carbocycles. The normalized spacial score (nSPS) is 26.2. The Bertz CT molecular complexity index is 902. The van der Waals surface area contributed by atoms with Gasteiger partial charge in [-0.1, -0.05) is 0 Å². The minimum Gasteiger partial charge on any atom is -0.493 e. The third-order valence-corrected chi connectivity index (χ3v) is 6.00. The van der Waals surface area contributed by atoms with E-state index in [0.29, 0.717) is 18.9 Å². The molecule has 0 bridgehead atoms. The van der Waals surface area contributed by atoms with Crippen molar-refractivity contribution in [1.82, 2.24) is 4.98 Å². The summed E-state index contributed by atoms with van der Waals surface area (Å²) < 4.78 is 19.5. The van der Waals surface area contributed by atoms with Crippen molar-refractivity contribution in [2.75, 3.05) is 36.5 Å². The Morgan fingerprint density at radius 3 is 3.12 bits per heavy atom. The van der Waals surface area contributed by atoms with E-state index in [0.717, 1.165) is 36.5 Å². The molecule has 0 radical (unpaired) electrons. The van der Waals surface area contributed by atoms with Crippen LogP contribution in [0.15, 0.2) is 36.5 Å². The SMILES string of the molecule is CN1CCN(C(=O)[C@H]2C[C@@]23CCOc2ccc(F)cc23)c2cccnc21. The molecule has 2 aromatic rings. The standard InChI is InChI=1S/C20H20FN3O2/c1-23-8-9-24(16-3-2-7-22-18(16)23)19(25)15-12-20(15)6-10-26-17-5-4-13(21)11-14(17)20/h2-5,7,11,15H,6,8-10,12H2,1H3/t15-,20-/m1/s1. The summed E-state index contributed by atoms with van der Waals surface area (Å²) in [5, 5.41) is 0. The lowest BCUT2D eigenvalue weighted by atomic mass is 9.87. The highest BCUT2D eigenvalue weighted by Gasteiger charge is 2.62. The summed E-state index contributed by atoms with van der Waals surface area (Å²) >= 11 is 0. The van der Waals surface area contributed by atoms with Gasteiger partial charge in [0.25, 0.3) is 0 Å². The highest BCUT2D eigenvalue weighted by atomic mass is 19.1. The number of pyridine rings is 1. The van der Waals surface area contributed by atoms with E-state index >= 15 is 0 Å². The van der Waals surface area contributed by atoms with E-state index in [9.17, 15) is 9.18 Å². The lowest BCUT2D eigenvalue weighted by molar-refractivity contribution is -0.120. The molecule has 1 fully saturated rings. The number of amides is 1. The molecule has 6 heteroatoms. The molecule has 0 unspecified atom stereocenters. The fraction of sp³-hybridized carbons (Fsp3) is 0.400. The third kappa shape index (κ3) is 2.14. The maximum atomic E-state index is 13.8. The number of nitrogens with zero attached hydrogens (tertiary/aromatic N) is 3. The van der Waals surface area contributed by atoms with E-state index in [1.165, 1.54) is 6.07 Å². The molecule has 26 heavy (non-hydrogen) atoms. The van der Waals surface area contributed by atoms with Gasteiger partial charge in [-0.3, -0.25) is 4.79 Å². The first-order chi connectivity index (χ1) is 12.6. The molecule has 0 N–H and O–H groups in total. The fourth-order valence-electron chi connectivity index (χ4n) is 4.48. The Morgan fingerprint density at radius 1 is 1.35 bits per heavy atom. The smallest absolute Gasteiger partial charge is 0.231 e. The second-order valence-corrected chi connectivity index (χ2v) is 7.41. The van der Waals surface area contributed by atoms with Gasteiger partial charge < -0.3 is 14.5 Å². The maximum Gasteiger partial charge on any atom is 0.231 e. The van der Waals surface area contributed by atoms with Gasteiger partial charge in [0.05, 0.1) is 12.3 Å². The number of fused-ring (bicyclic) bond motifs is 3. The highest BCUT2D eigenvalue weighted by molar-refractivity contribution is 6.01. The molecule has 3 aliphatic rings. The number of carbonyl (C=O) groups is 1. The van der Waals surface area contributed by atoms with Crippen LogP contribution < -0.4 is 14.5 Å². The summed E-state index contributed by atoms with van der Waals surface area (Å²) in [6, 6.07) is 8.45. The predicted octanol–water partition coefficient (Wildman–Crippen LogP) is 2.74. The number of ether oxygens (including phenoxy) is 1. The number of aromatic nitrogens is 1. The first-order valence-electron chi connectivity index (χ1n) is 9.00. The van der Waals surface area contributed by atoms with Crippen molar-refractivity contribution >= 4 is 17.4 Å². The van der Waals surface area contributed by atoms with Crippen LogP contribution in [-0.4, -0.2) is 37.6 Å². The van der Waals surface area contributed by atoms with Crippen molar-refractivity contribution in [2.24, 2.45) is 5.92 Å². The van der Waals surface area contributed by atoms with Crippen LogP contribution in [0.4, 0.5) is 15.9 Å². The van der Waals surface area contributed by atoms with Crippen LogP contribution in [0.25, 0.3) is 0 Å². The summed E-state index contributed by atoms with van der Waals surface area (Å²) in [6.07, 6.45) is 3.26. The summed E-state index contributed by atoms with van der Waals surface area (Å²) in [5.41, 5.74) is 1.43. The van der Waals surface area contributed by atoms with Crippen molar-refractivity contribution in [3.63, 3.8) is 0 Å². The molecule has 1 aliphatic carbocycles. The van der Waals surface area contributed by atoms with Gasteiger partial charge in [0.15, 0.2) is 5.82 Å². The summed E-state index contributed by atoms with van der Waals surface area (Å²) in [5.74, 6) is 1.27. The number of likely N-dealkylation sites (N-methyl/N-ethyl adjacent to an activating group) is 1. The molecule has 1 amide bonds. The molecule has 5 rings (SSSR count). The highest BCUT2D eigenvalue weighted by Crippen LogP contribution is 2.61. The number of hydrogen-bond donors (Lipinski definition) is 0. The molecular weight excluding hydrogens is 333 g/mol. The molecule has 134 valence electrons. The van der Waals surface area contributed by atoms with Gasteiger partial charge in [0.2, 0.25) is 5.91 Å². The monoisotopic (exact) mass is 353 g/mol. The van der Waals surface area contributed by atoms with Crippen molar-refractivity contribution in [3.8, 4) is 5.75 Å². The molecule has 2 aliphatic heterocycles. The summed E-state index contributed by atoms with van der Waals surface area (Å²) in [6.45, 7) is 1.97. The Labute approximate surface area is 151 Å². The third-order valence-electron chi connectivity index (χ3n) is 6.00. The van der Waals surface area contributed by atoms with Gasteiger partial charge in [-0.25, -0.2) is 9.37 Å². The van der Waals surface area contributed by atoms with Gasteiger partial charge >= 0.3 is 0 Å². The minimum atomic E-state index is -0.279. The lowest BCUT2D eigenvalue weighted by Gasteiger charge is -2.35. The molecule has 2 atom stereocenters. The number of rotatable bonds is 1. The zero-order valence-electron chi connectivity index (χ0n) is 14.6. The predicted molar refractivity (Wildman–Crippen MR) is 96.2 cm³/mol. The Morgan fingerprint density at radius 2 is 2.23 bits per heavy atom. The van der Waals surface area contributed by atoms with Crippen LogP contribution in [0, 0.1) is 11.7 Å². The Kier molecular flexibility index (Phi) is 3.26. The van der Waals surface area contributed by atoms with Crippen molar-refractivity contribution in [2.45, 2.75) is 18.3 Å². The second kappa shape index (κ2) is 5.43. The quantitative estimate of drug-likeness (QED) is 0.791. The van der Waals surface area contributed by atoms with E-state index in [1.54, 1.807) is 18.3 Å². The maximum absolute atomic E-state index is 13.8. The second-order valence-electron chi connectivity index (χ2n) is 7.41. The molecular formula is C20H20FN3O2. The van der Waals surface area contributed by atoms with E-state index < -0.39 is 0 Å². The molecule has 5 nitrogen and oxygen atoms in total. The average Bonchev–Trinajstić information content (AvgIpc) is 3.37. The average molecular weight is 353 g/mol. The zero-order chi connectivity index (χ0) is 17.9. The molecule has 3 heterocycles. The number of halogens is 1. The van der Waals surface area contributed by atoms with Crippen molar-refractivity contribution in [3.05, 3.63) is 47.9 Å². The van der Waals surface area contributed by atoms with Crippen molar-refractivity contribution < 1.29 is 13.9 Å². The minimum absolute atomic E-state index is 0.115. The van der Waals surface area contributed by atoms with E-state index in [-0.39, 0.29) is 23.1 Å². The van der Waals surface area contributed by atoms with Gasteiger partial charge in [0.1, 0.15) is 11.6 Å². The lowest BCUT2D eigenvalue weighted by Crippen LogP contribution is -2.44. The van der Waals surface area contributed by atoms with E-state index in [4.69, 9.17) is 4.74 Å². The topological polar surface area (TPSA) is 45.7 Å². The van der Waals surface area contributed by atoms with Crippen LogP contribution in [0.5, 0.6) is 5.75 Å². The van der Waals surface area contributed by atoms with E-state index in [1.807, 2.05) is 24.1 Å². The zero-order valence-corrected chi connectivity index (χ0v) is 14.6. The van der Waals surface area contributed by atoms with Crippen LogP contribution in [0.1, 0.15) is 18.4 Å². The molecule has 1 aromatic carbocycles. The van der Waals surface area contributed by atoms with Crippen molar-refractivity contribution in [1.29, 1.82) is 0 Å². The molecule has 0 saturated heterocycles. The Balaban J connectivity index is 1.48. The van der Waals surface area contributed by atoms with Crippen LogP contribution in [0.3, 0.4) is 0 Å². The number of hydrogen-bond acceptors (Lipinski definition) is 4. The van der Waals surface area contributed by atoms with E-state index in [2.05, 4.69) is 9.88 Å². The van der Waals surface area contributed by atoms with Gasteiger partial charge in [0, 0.05) is 43.2 Å². The van der Waals surface area contributed by atoms with Crippen LogP contribution in [-0.2, 0) is 10.2 Å². The Hall–Kier alpha value is -2.63. The summed E-state index contributed by atoms with van der Waals surface area (Å²) in [7, 11) is 1.99. The van der Waals surface area contributed by atoms with Gasteiger partial charge in [-0.05, 0) is 43.2 Å². The van der Waals surface area contributed by atoms with Gasteiger partial charge in [-0.2, -0.15) is 0 Å². The number of benzene rings is 1. The first-order valence-corrected chi connectivity index (χ1v) is 9.00. The number of carbonyl (C=O) groups excluding carboxylic acids is 1. The molecule has 1 aromatic heterocycles.